The predicted octanol–water partition coefficient (Wildman–Crippen LogP) is 3.76. The summed E-state index contributed by atoms with van der Waals surface area (Å²) in [5.41, 5.74) is 1.39. The van der Waals surface area contributed by atoms with Gasteiger partial charge in [0.1, 0.15) is 5.76 Å². The number of nitro groups is 1. The van der Waals surface area contributed by atoms with Crippen LogP contribution in [0, 0.1) is 17.0 Å². The van der Waals surface area contributed by atoms with Gasteiger partial charge in [0.05, 0.1) is 28.4 Å². The smallest absolute Gasteiger partial charge is 0.271 e. The summed E-state index contributed by atoms with van der Waals surface area (Å²) in [6, 6.07) is 6.44. The number of benzene rings is 1. The molecule has 0 aliphatic carbocycles. The fraction of sp³-hybridized carbons (Fsp3) is 0.167. The van der Waals surface area contributed by atoms with Gasteiger partial charge in [-0.05, 0) is 24.6 Å². The van der Waals surface area contributed by atoms with Crippen LogP contribution < -0.4 is 5.32 Å². The molecule has 0 amide bonds. The van der Waals surface area contributed by atoms with E-state index in [0.717, 1.165) is 11.3 Å². The Kier molecular flexibility index (Phi) is 3.53. The number of furan rings is 1. The van der Waals surface area contributed by atoms with Crippen LogP contribution in [0.5, 0.6) is 0 Å². The molecule has 0 spiro atoms. The van der Waals surface area contributed by atoms with Crippen molar-refractivity contribution >= 4 is 23.0 Å². The zero-order valence-electron chi connectivity index (χ0n) is 9.64. The van der Waals surface area contributed by atoms with E-state index in [9.17, 15) is 10.1 Å². The number of halogens is 1. The molecule has 5 nitrogen and oxygen atoms in total. The Hall–Kier alpha value is -2.01. The number of aryl methyl sites for hydroxylation is 1. The van der Waals surface area contributed by atoms with Crippen LogP contribution in [0.4, 0.5) is 11.4 Å². The normalized spacial score (nSPS) is 10.3. The lowest BCUT2D eigenvalue weighted by Crippen LogP contribution is -2.01. The van der Waals surface area contributed by atoms with Crippen LogP contribution in [0.25, 0.3) is 0 Å². The summed E-state index contributed by atoms with van der Waals surface area (Å²) in [6.07, 6.45) is 1.58. The summed E-state index contributed by atoms with van der Waals surface area (Å²) in [7, 11) is 0. The first-order valence-electron chi connectivity index (χ1n) is 5.28. The molecule has 0 aliphatic rings. The largest absolute Gasteiger partial charge is 0.467 e. The van der Waals surface area contributed by atoms with Crippen molar-refractivity contribution in [2.75, 3.05) is 5.32 Å². The molecule has 0 bridgehead atoms. The highest BCUT2D eigenvalue weighted by Crippen LogP contribution is 2.31. The average Bonchev–Trinajstić information content (AvgIpc) is 2.80. The summed E-state index contributed by atoms with van der Waals surface area (Å²) in [6.45, 7) is 2.24. The van der Waals surface area contributed by atoms with E-state index in [2.05, 4.69) is 5.32 Å². The molecule has 0 atom stereocenters. The zero-order chi connectivity index (χ0) is 13.1. The third-order valence-corrected chi connectivity index (χ3v) is 2.80. The third kappa shape index (κ3) is 2.62. The van der Waals surface area contributed by atoms with Gasteiger partial charge >= 0.3 is 0 Å². The maximum absolute atomic E-state index is 10.7. The first kappa shape index (κ1) is 12.4. The van der Waals surface area contributed by atoms with E-state index in [1.165, 1.54) is 12.1 Å². The molecular formula is C12H11ClN2O3. The lowest BCUT2D eigenvalue weighted by molar-refractivity contribution is -0.384. The molecule has 0 saturated carbocycles. The van der Waals surface area contributed by atoms with Gasteiger partial charge in [-0.2, -0.15) is 0 Å². The van der Waals surface area contributed by atoms with Gasteiger partial charge in [-0.15, -0.1) is 0 Å². The van der Waals surface area contributed by atoms with Crippen molar-refractivity contribution in [2.24, 2.45) is 0 Å². The predicted molar refractivity (Wildman–Crippen MR) is 68.9 cm³/mol. The number of nitro benzene ring substituents is 1. The van der Waals surface area contributed by atoms with Crippen molar-refractivity contribution in [1.82, 2.24) is 0 Å². The van der Waals surface area contributed by atoms with Crippen LogP contribution in [0.3, 0.4) is 0 Å². The monoisotopic (exact) mass is 266 g/mol. The molecule has 0 fully saturated rings. The fourth-order valence-corrected chi connectivity index (χ4v) is 1.97. The zero-order valence-corrected chi connectivity index (χ0v) is 10.4. The van der Waals surface area contributed by atoms with Gasteiger partial charge in [0, 0.05) is 12.1 Å². The molecule has 94 valence electrons. The van der Waals surface area contributed by atoms with Crippen molar-refractivity contribution in [3.8, 4) is 0 Å². The molecule has 2 rings (SSSR count). The molecule has 1 aromatic carbocycles. The van der Waals surface area contributed by atoms with E-state index in [0.29, 0.717) is 17.3 Å². The first-order valence-corrected chi connectivity index (χ1v) is 5.66. The molecule has 1 aromatic heterocycles. The number of non-ortho nitro benzene ring substituents is 1. The van der Waals surface area contributed by atoms with E-state index in [1.54, 1.807) is 19.3 Å². The lowest BCUT2D eigenvalue weighted by atomic mass is 10.1. The molecule has 0 unspecified atom stereocenters. The van der Waals surface area contributed by atoms with Crippen LogP contribution in [-0.2, 0) is 6.54 Å². The van der Waals surface area contributed by atoms with E-state index in [-0.39, 0.29) is 5.69 Å². The quantitative estimate of drug-likeness (QED) is 0.676. The Balaban J connectivity index is 2.20. The van der Waals surface area contributed by atoms with Crippen molar-refractivity contribution < 1.29 is 9.34 Å². The maximum atomic E-state index is 10.7. The van der Waals surface area contributed by atoms with E-state index >= 15 is 0 Å². The van der Waals surface area contributed by atoms with Gasteiger partial charge in [-0.1, -0.05) is 11.6 Å². The molecular weight excluding hydrogens is 256 g/mol. The third-order valence-electron chi connectivity index (χ3n) is 2.50. The summed E-state index contributed by atoms with van der Waals surface area (Å²) >= 11 is 6.02. The highest BCUT2D eigenvalue weighted by Gasteiger charge is 2.13. The Morgan fingerprint density at radius 1 is 1.50 bits per heavy atom. The van der Waals surface area contributed by atoms with E-state index in [1.807, 2.05) is 6.07 Å². The lowest BCUT2D eigenvalue weighted by Gasteiger charge is -2.10. The van der Waals surface area contributed by atoms with Crippen molar-refractivity contribution in [3.63, 3.8) is 0 Å². The van der Waals surface area contributed by atoms with Crippen LogP contribution in [0.1, 0.15) is 11.3 Å². The number of nitrogens with one attached hydrogen (secondary N) is 1. The van der Waals surface area contributed by atoms with Gasteiger partial charge in [-0.3, -0.25) is 10.1 Å². The summed E-state index contributed by atoms with van der Waals surface area (Å²) in [5, 5.41) is 14.1. The summed E-state index contributed by atoms with van der Waals surface area (Å²) in [4.78, 5) is 10.2. The van der Waals surface area contributed by atoms with Gasteiger partial charge in [0.2, 0.25) is 0 Å². The SMILES string of the molecule is Cc1cc([N+](=O)[O-])cc(Cl)c1NCc1ccco1. The van der Waals surface area contributed by atoms with Crippen LogP contribution in [-0.4, -0.2) is 4.92 Å². The Labute approximate surface area is 109 Å². The topological polar surface area (TPSA) is 68.3 Å². The van der Waals surface area contributed by atoms with Crippen molar-refractivity contribution in [2.45, 2.75) is 13.5 Å². The number of hydrogen-bond donors (Lipinski definition) is 1. The molecule has 0 aliphatic heterocycles. The van der Waals surface area contributed by atoms with Gasteiger partial charge in [0.15, 0.2) is 0 Å². The Morgan fingerprint density at radius 2 is 2.28 bits per heavy atom. The second-order valence-electron chi connectivity index (χ2n) is 3.81. The van der Waals surface area contributed by atoms with Gasteiger partial charge in [0.25, 0.3) is 5.69 Å². The minimum absolute atomic E-state index is 0.0129. The summed E-state index contributed by atoms with van der Waals surface area (Å²) in [5.74, 6) is 0.767. The van der Waals surface area contributed by atoms with Gasteiger partial charge < -0.3 is 9.73 Å². The van der Waals surface area contributed by atoms with Gasteiger partial charge in [-0.25, -0.2) is 0 Å². The second-order valence-corrected chi connectivity index (χ2v) is 4.22. The Morgan fingerprint density at radius 3 is 2.83 bits per heavy atom. The first-order chi connectivity index (χ1) is 8.58. The number of anilines is 1. The number of hydrogen-bond acceptors (Lipinski definition) is 4. The minimum atomic E-state index is -0.463. The molecule has 0 saturated heterocycles. The highest BCUT2D eigenvalue weighted by molar-refractivity contribution is 6.33. The van der Waals surface area contributed by atoms with Crippen LogP contribution in [0.2, 0.25) is 5.02 Å². The molecule has 0 radical (unpaired) electrons. The van der Waals surface area contributed by atoms with Crippen molar-refractivity contribution in [1.29, 1.82) is 0 Å². The maximum Gasteiger partial charge on any atom is 0.271 e. The highest BCUT2D eigenvalue weighted by atomic mass is 35.5. The molecule has 2 aromatic rings. The van der Waals surface area contributed by atoms with Crippen LogP contribution >= 0.6 is 11.6 Å². The summed E-state index contributed by atoms with van der Waals surface area (Å²) < 4.78 is 5.18. The molecule has 1 N–H and O–H groups in total. The molecule has 18 heavy (non-hydrogen) atoms. The fourth-order valence-electron chi connectivity index (χ4n) is 1.64. The standard InChI is InChI=1S/C12H11ClN2O3/c1-8-5-9(15(16)17)6-11(13)12(8)14-7-10-3-2-4-18-10/h2-6,14H,7H2,1H3. The minimum Gasteiger partial charge on any atom is -0.467 e. The van der Waals surface area contributed by atoms with Crippen molar-refractivity contribution in [3.05, 3.63) is 57.0 Å². The molecule has 6 heteroatoms. The van der Waals surface area contributed by atoms with E-state index in [4.69, 9.17) is 16.0 Å². The second kappa shape index (κ2) is 5.10. The average molecular weight is 267 g/mol. The van der Waals surface area contributed by atoms with E-state index < -0.39 is 4.92 Å². The van der Waals surface area contributed by atoms with Crippen LogP contribution in [0.15, 0.2) is 34.9 Å². The Bertz CT molecular complexity index is 544. The molecule has 1 heterocycles. The number of nitrogens with zero attached hydrogens (tertiary/aromatic N) is 1. The number of rotatable bonds is 4.